The van der Waals surface area contributed by atoms with Crippen molar-refractivity contribution in [3.05, 3.63) is 65.0 Å². The smallest absolute Gasteiger partial charge is 0.251 e. The first-order valence-electron chi connectivity index (χ1n) is 11.0. The largest absolute Gasteiger partial charge is 0.355 e. The number of hydrogen-bond acceptors (Lipinski definition) is 4. The second-order valence-corrected chi connectivity index (χ2v) is 8.55. The van der Waals surface area contributed by atoms with Gasteiger partial charge in [0.1, 0.15) is 11.6 Å². The zero-order chi connectivity index (χ0) is 22.7. The van der Waals surface area contributed by atoms with Crippen LogP contribution >= 0.6 is 0 Å². The Balaban J connectivity index is 1.36. The van der Waals surface area contributed by atoms with Crippen LogP contribution in [0.5, 0.6) is 0 Å². The number of halogens is 2. The predicted octanol–water partition coefficient (Wildman–Crippen LogP) is 3.97. The van der Waals surface area contributed by atoms with Crippen molar-refractivity contribution in [3.8, 4) is 0 Å². The lowest BCUT2D eigenvalue weighted by Crippen LogP contribution is -2.36. The second-order valence-electron chi connectivity index (χ2n) is 8.55. The summed E-state index contributed by atoms with van der Waals surface area (Å²) >= 11 is 0. The van der Waals surface area contributed by atoms with E-state index in [-0.39, 0.29) is 35.5 Å². The molecule has 1 aromatic carbocycles. The number of nitrogens with zero attached hydrogens (tertiary/aromatic N) is 2. The Labute approximate surface area is 185 Å². The van der Waals surface area contributed by atoms with Crippen LogP contribution in [-0.4, -0.2) is 35.5 Å². The van der Waals surface area contributed by atoms with Crippen molar-refractivity contribution in [2.45, 2.75) is 44.6 Å². The standard InChI is InChI=1S/C24H27F2N3O3/c1-27-23(30)17-6-7-21(26)18(11-17)10-15-2-4-16(5-3-15)24(31)29-22(8-9-32-29)19-12-20(25)14-28-13-19/h6-7,11-16,22H,2-5,8-10H2,1H3,(H,27,30)/t15-,16-,22-/m0/s1. The van der Waals surface area contributed by atoms with Crippen LogP contribution in [-0.2, 0) is 16.1 Å². The summed E-state index contributed by atoms with van der Waals surface area (Å²) in [6.45, 7) is 0.406. The molecular formula is C24H27F2N3O3. The van der Waals surface area contributed by atoms with Crippen LogP contribution in [0.1, 0.15) is 59.6 Å². The number of rotatable bonds is 5. The third-order valence-electron chi connectivity index (χ3n) is 6.47. The van der Waals surface area contributed by atoms with E-state index in [9.17, 15) is 18.4 Å². The summed E-state index contributed by atoms with van der Waals surface area (Å²) in [5.74, 6) is -0.994. The Bertz CT molecular complexity index is 992. The maximum atomic E-state index is 14.3. The van der Waals surface area contributed by atoms with Gasteiger partial charge in [-0.1, -0.05) is 0 Å². The molecule has 1 aliphatic heterocycles. The molecule has 32 heavy (non-hydrogen) atoms. The Morgan fingerprint density at radius 2 is 1.91 bits per heavy atom. The number of hydroxylamine groups is 2. The SMILES string of the molecule is CNC(=O)c1ccc(F)c(C[C@H]2CC[C@H](C(=O)N3OCC[C@H]3c3cncc(F)c3)CC2)c1. The highest BCUT2D eigenvalue weighted by atomic mass is 19.1. The first kappa shape index (κ1) is 22.3. The normalized spacial score (nSPS) is 23.2. The first-order valence-corrected chi connectivity index (χ1v) is 11.0. The summed E-state index contributed by atoms with van der Waals surface area (Å²) in [5.41, 5.74) is 1.61. The molecule has 2 heterocycles. The van der Waals surface area contributed by atoms with Crippen molar-refractivity contribution in [3.63, 3.8) is 0 Å². The van der Waals surface area contributed by atoms with Gasteiger partial charge < -0.3 is 5.32 Å². The summed E-state index contributed by atoms with van der Waals surface area (Å²) in [7, 11) is 1.54. The highest BCUT2D eigenvalue weighted by Crippen LogP contribution is 2.37. The van der Waals surface area contributed by atoms with Gasteiger partial charge in [-0.15, -0.1) is 0 Å². The Morgan fingerprint density at radius 3 is 2.62 bits per heavy atom. The monoisotopic (exact) mass is 443 g/mol. The highest BCUT2D eigenvalue weighted by molar-refractivity contribution is 5.94. The maximum Gasteiger partial charge on any atom is 0.251 e. The van der Waals surface area contributed by atoms with Crippen molar-refractivity contribution in [1.29, 1.82) is 0 Å². The van der Waals surface area contributed by atoms with E-state index in [0.29, 0.717) is 49.0 Å². The number of benzene rings is 1. The molecule has 1 N–H and O–H groups in total. The van der Waals surface area contributed by atoms with Crippen LogP contribution in [0.25, 0.3) is 0 Å². The van der Waals surface area contributed by atoms with Crippen LogP contribution in [0.15, 0.2) is 36.7 Å². The number of hydrogen-bond donors (Lipinski definition) is 1. The molecule has 1 saturated carbocycles. The molecule has 4 rings (SSSR count). The van der Waals surface area contributed by atoms with Crippen LogP contribution in [0.4, 0.5) is 8.78 Å². The van der Waals surface area contributed by atoms with E-state index < -0.39 is 5.82 Å². The van der Waals surface area contributed by atoms with Crippen molar-refractivity contribution < 1.29 is 23.2 Å². The van der Waals surface area contributed by atoms with Gasteiger partial charge in [0.25, 0.3) is 5.91 Å². The van der Waals surface area contributed by atoms with Gasteiger partial charge >= 0.3 is 0 Å². The van der Waals surface area contributed by atoms with Crippen LogP contribution in [0.2, 0.25) is 0 Å². The average molecular weight is 443 g/mol. The minimum atomic E-state index is -0.435. The lowest BCUT2D eigenvalue weighted by atomic mass is 9.78. The van der Waals surface area contributed by atoms with Crippen molar-refractivity contribution in [2.75, 3.05) is 13.7 Å². The molecule has 0 spiro atoms. The lowest BCUT2D eigenvalue weighted by Gasteiger charge is -2.32. The molecule has 2 amide bonds. The minimum absolute atomic E-state index is 0.0805. The van der Waals surface area contributed by atoms with Crippen molar-refractivity contribution >= 4 is 11.8 Å². The number of aromatic nitrogens is 1. The Morgan fingerprint density at radius 1 is 1.12 bits per heavy atom. The summed E-state index contributed by atoms with van der Waals surface area (Å²) in [6.07, 6.45) is 6.81. The molecular weight excluding hydrogens is 416 g/mol. The fraction of sp³-hybridized carbons (Fsp3) is 0.458. The lowest BCUT2D eigenvalue weighted by molar-refractivity contribution is -0.183. The number of carbonyl (C=O) groups is 2. The van der Waals surface area contributed by atoms with E-state index in [4.69, 9.17) is 4.84 Å². The van der Waals surface area contributed by atoms with Crippen molar-refractivity contribution in [1.82, 2.24) is 15.4 Å². The van der Waals surface area contributed by atoms with Gasteiger partial charge in [-0.2, -0.15) is 0 Å². The molecule has 1 aromatic heterocycles. The van der Waals surface area contributed by atoms with Gasteiger partial charge in [0.05, 0.1) is 18.8 Å². The second kappa shape index (κ2) is 9.73. The molecule has 8 heteroatoms. The molecule has 1 atom stereocenters. The van der Waals surface area contributed by atoms with E-state index in [1.54, 1.807) is 19.3 Å². The Hall–Kier alpha value is -2.87. The van der Waals surface area contributed by atoms with Gasteiger partial charge in [0.2, 0.25) is 5.91 Å². The van der Waals surface area contributed by atoms with Gasteiger partial charge in [-0.05, 0) is 73.4 Å². The van der Waals surface area contributed by atoms with Gasteiger partial charge in [0, 0.05) is 31.1 Å². The Kier molecular flexibility index (Phi) is 6.79. The van der Waals surface area contributed by atoms with Crippen LogP contribution in [0.3, 0.4) is 0 Å². The summed E-state index contributed by atoms with van der Waals surface area (Å²) in [6, 6.07) is 5.49. The molecule has 0 unspecified atom stereocenters. The number of carbonyl (C=O) groups excluding carboxylic acids is 2. The number of amides is 2. The zero-order valence-electron chi connectivity index (χ0n) is 18.0. The van der Waals surface area contributed by atoms with E-state index in [2.05, 4.69) is 10.3 Å². The predicted molar refractivity (Wildman–Crippen MR) is 113 cm³/mol. The third-order valence-corrected chi connectivity index (χ3v) is 6.47. The van der Waals surface area contributed by atoms with E-state index in [0.717, 1.165) is 19.0 Å². The topological polar surface area (TPSA) is 71.5 Å². The zero-order valence-corrected chi connectivity index (χ0v) is 18.0. The quantitative estimate of drug-likeness (QED) is 0.759. The molecule has 1 saturated heterocycles. The van der Waals surface area contributed by atoms with E-state index in [1.165, 1.54) is 23.3 Å². The van der Waals surface area contributed by atoms with Gasteiger partial charge in [-0.25, -0.2) is 13.8 Å². The fourth-order valence-corrected chi connectivity index (χ4v) is 4.72. The molecule has 2 fully saturated rings. The van der Waals surface area contributed by atoms with E-state index >= 15 is 0 Å². The summed E-state index contributed by atoms with van der Waals surface area (Å²) in [5, 5.41) is 3.95. The van der Waals surface area contributed by atoms with Crippen LogP contribution < -0.4 is 5.32 Å². The fourth-order valence-electron chi connectivity index (χ4n) is 4.72. The van der Waals surface area contributed by atoms with Gasteiger partial charge in [0.15, 0.2) is 0 Å². The van der Waals surface area contributed by atoms with E-state index in [1.807, 2.05) is 0 Å². The summed E-state index contributed by atoms with van der Waals surface area (Å²) < 4.78 is 27.9. The summed E-state index contributed by atoms with van der Waals surface area (Å²) in [4.78, 5) is 34.5. The average Bonchev–Trinajstić information content (AvgIpc) is 3.30. The molecule has 2 aromatic rings. The number of nitrogens with one attached hydrogen (secondary N) is 1. The first-order chi connectivity index (χ1) is 15.5. The van der Waals surface area contributed by atoms with Crippen molar-refractivity contribution in [2.24, 2.45) is 11.8 Å². The molecule has 1 aliphatic carbocycles. The van der Waals surface area contributed by atoms with Crippen LogP contribution in [0, 0.1) is 23.5 Å². The number of pyridine rings is 1. The molecule has 170 valence electrons. The maximum absolute atomic E-state index is 14.3. The third kappa shape index (κ3) is 4.80. The van der Waals surface area contributed by atoms with Gasteiger partial charge in [-0.3, -0.25) is 19.4 Å². The molecule has 2 aliphatic rings. The minimum Gasteiger partial charge on any atom is -0.355 e. The molecule has 6 nitrogen and oxygen atoms in total. The molecule has 0 bridgehead atoms. The highest BCUT2D eigenvalue weighted by Gasteiger charge is 2.37. The molecule has 0 radical (unpaired) electrons.